The predicted molar refractivity (Wildman–Crippen MR) is 87.4 cm³/mol. The summed E-state index contributed by atoms with van der Waals surface area (Å²) in [5, 5.41) is 28.8. The molecule has 0 bridgehead atoms. The minimum Gasteiger partial charge on any atom is -0.508 e. The Morgan fingerprint density at radius 3 is 2.38 bits per heavy atom. The van der Waals surface area contributed by atoms with Crippen molar-refractivity contribution < 1.29 is 24.9 Å². The van der Waals surface area contributed by atoms with Crippen molar-refractivity contribution in [1.82, 2.24) is 4.57 Å². The van der Waals surface area contributed by atoms with Crippen molar-refractivity contribution in [1.29, 1.82) is 0 Å². The first-order chi connectivity index (χ1) is 11.5. The van der Waals surface area contributed by atoms with Gasteiger partial charge in [0.2, 0.25) is 0 Å². The molecule has 1 heterocycles. The van der Waals surface area contributed by atoms with Gasteiger partial charge >= 0.3 is 11.9 Å². The summed E-state index contributed by atoms with van der Waals surface area (Å²) in [5.41, 5.74) is 1.79. The highest BCUT2D eigenvalue weighted by atomic mass is 16.4. The number of carboxylic acid groups (broad SMARTS) is 2. The Morgan fingerprint density at radius 1 is 0.958 bits per heavy atom. The second-order valence-corrected chi connectivity index (χ2v) is 5.49. The van der Waals surface area contributed by atoms with E-state index in [0.717, 1.165) is 0 Å². The Morgan fingerprint density at radius 2 is 1.71 bits per heavy atom. The number of rotatable bonds is 5. The third-order valence-electron chi connectivity index (χ3n) is 3.89. The highest BCUT2D eigenvalue weighted by molar-refractivity contribution is 6.05. The van der Waals surface area contributed by atoms with Crippen LogP contribution in [0.4, 0.5) is 0 Å². The number of carbonyl (C=O) groups is 2. The van der Waals surface area contributed by atoms with E-state index >= 15 is 0 Å². The normalized spacial score (nSPS) is 10.8. The van der Waals surface area contributed by atoms with Crippen LogP contribution in [-0.4, -0.2) is 31.8 Å². The molecule has 122 valence electrons. The Balaban J connectivity index is 2.18. The maximum atomic E-state index is 11.5. The molecule has 0 fully saturated rings. The second-order valence-electron chi connectivity index (χ2n) is 5.49. The number of aromatic carboxylic acids is 1. The molecule has 6 heteroatoms. The predicted octanol–water partition coefficient (Wildman–Crippen LogP) is 2.72. The number of para-hydroxylation sites is 1. The van der Waals surface area contributed by atoms with Crippen molar-refractivity contribution in [2.24, 2.45) is 0 Å². The van der Waals surface area contributed by atoms with E-state index in [2.05, 4.69) is 0 Å². The number of aromatic hydroxyl groups is 1. The van der Waals surface area contributed by atoms with Crippen LogP contribution in [0.2, 0.25) is 0 Å². The lowest BCUT2D eigenvalue weighted by atomic mass is 10.0. The average molecular weight is 325 g/mol. The van der Waals surface area contributed by atoms with E-state index in [-0.39, 0.29) is 17.7 Å². The molecule has 0 unspecified atom stereocenters. The zero-order valence-corrected chi connectivity index (χ0v) is 12.6. The van der Waals surface area contributed by atoms with Crippen LogP contribution in [0.3, 0.4) is 0 Å². The highest BCUT2D eigenvalue weighted by Crippen LogP contribution is 2.28. The first kappa shape index (κ1) is 15.6. The molecule has 0 amide bonds. The van der Waals surface area contributed by atoms with Crippen LogP contribution in [0.15, 0.2) is 48.7 Å². The molecule has 0 saturated heterocycles. The Hall–Kier alpha value is -3.28. The number of aromatic nitrogens is 1. The van der Waals surface area contributed by atoms with Gasteiger partial charge in [0, 0.05) is 22.7 Å². The topological polar surface area (TPSA) is 99.8 Å². The Labute approximate surface area is 137 Å². The molecule has 0 saturated carbocycles. The minimum atomic E-state index is -1.10. The summed E-state index contributed by atoms with van der Waals surface area (Å²) in [6.45, 7) is 0.311. The van der Waals surface area contributed by atoms with Crippen LogP contribution in [-0.2, 0) is 17.8 Å². The van der Waals surface area contributed by atoms with Crippen LogP contribution in [0.25, 0.3) is 10.9 Å². The van der Waals surface area contributed by atoms with E-state index in [0.29, 0.717) is 28.6 Å². The molecular formula is C18H15NO5. The molecule has 24 heavy (non-hydrogen) atoms. The lowest BCUT2D eigenvalue weighted by molar-refractivity contribution is -0.136. The first-order valence-electron chi connectivity index (χ1n) is 7.30. The summed E-state index contributed by atoms with van der Waals surface area (Å²) < 4.78 is 1.76. The molecule has 0 aliphatic heterocycles. The van der Waals surface area contributed by atoms with Crippen LogP contribution in [0.5, 0.6) is 5.75 Å². The van der Waals surface area contributed by atoms with E-state index in [1.165, 1.54) is 6.07 Å². The first-order valence-corrected chi connectivity index (χ1v) is 7.30. The van der Waals surface area contributed by atoms with Gasteiger partial charge in [-0.25, -0.2) is 4.79 Å². The average Bonchev–Trinajstić information content (AvgIpc) is 2.87. The van der Waals surface area contributed by atoms with Gasteiger partial charge in [0.15, 0.2) is 0 Å². The summed E-state index contributed by atoms with van der Waals surface area (Å²) >= 11 is 0. The minimum absolute atomic E-state index is 0.0692. The maximum absolute atomic E-state index is 11.5. The third-order valence-corrected chi connectivity index (χ3v) is 3.89. The number of benzene rings is 2. The number of nitrogens with zero attached hydrogens (tertiary/aromatic N) is 1. The van der Waals surface area contributed by atoms with Crippen molar-refractivity contribution in [3.05, 3.63) is 65.4 Å². The van der Waals surface area contributed by atoms with Gasteiger partial charge in [-0.15, -0.1) is 0 Å². The fourth-order valence-corrected chi connectivity index (χ4v) is 2.87. The number of phenolic OH excluding ortho intramolecular Hbond substituents is 1. The molecule has 0 aliphatic rings. The number of hydrogen-bond donors (Lipinski definition) is 3. The highest BCUT2D eigenvalue weighted by Gasteiger charge is 2.18. The molecule has 0 spiro atoms. The molecule has 3 rings (SSSR count). The number of fused-ring (bicyclic) bond motifs is 1. The smallest absolute Gasteiger partial charge is 0.336 e. The van der Waals surface area contributed by atoms with Gasteiger partial charge < -0.3 is 19.9 Å². The standard InChI is InChI=1S/C18H15NO5/c20-15-7-2-1-4-11(15)9-19-10-12(8-16(21)22)17-13(18(23)24)5-3-6-14(17)19/h1-7,10,20H,8-9H2,(H,21,22)(H,23,24). The zero-order valence-electron chi connectivity index (χ0n) is 12.6. The van der Waals surface area contributed by atoms with Gasteiger partial charge in [0.1, 0.15) is 5.75 Å². The molecule has 0 radical (unpaired) electrons. The third kappa shape index (κ3) is 2.81. The molecule has 3 N–H and O–H groups in total. The van der Waals surface area contributed by atoms with Crippen molar-refractivity contribution in [3.63, 3.8) is 0 Å². The number of hydrogen-bond acceptors (Lipinski definition) is 3. The fraction of sp³-hybridized carbons (Fsp3) is 0.111. The summed E-state index contributed by atoms with van der Waals surface area (Å²) in [6, 6.07) is 11.7. The van der Waals surface area contributed by atoms with Crippen molar-refractivity contribution in [2.75, 3.05) is 0 Å². The van der Waals surface area contributed by atoms with E-state index in [1.807, 2.05) is 0 Å². The van der Waals surface area contributed by atoms with E-state index < -0.39 is 11.9 Å². The van der Waals surface area contributed by atoms with Gasteiger partial charge in [0.25, 0.3) is 0 Å². The summed E-state index contributed by atoms with van der Waals surface area (Å²) in [5.74, 6) is -2.00. The van der Waals surface area contributed by atoms with Crippen LogP contribution in [0.1, 0.15) is 21.5 Å². The number of carboxylic acids is 2. The van der Waals surface area contributed by atoms with Crippen LogP contribution < -0.4 is 0 Å². The monoisotopic (exact) mass is 325 g/mol. The van der Waals surface area contributed by atoms with Crippen LogP contribution in [0, 0.1) is 0 Å². The lowest BCUT2D eigenvalue weighted by Crippen LogP contribution is -2.02. The van der Waals surface area contributed by atoms with Gasteiger partial charge in [-0.1, -0.05) is 24.3 Å². The number of aliphatic carboxylic acids is 1. The molecule has 0 aliphatic carbocycles. The van der Waals surface area contributed by atoms with Crippen molar-refractivity contribution in [2.45, 2.75) is 13.0 Å². The second kappa shape index (κ2) is 6.08. The van der Waals surface area contributed by atoms with E-state index in [1.54, 1.807) is 47.2 Å². The fourth-order valence-electron chi connectivity index (χ4n) is 2.87. The lowest BCUT2D eigenvalue weighted by Gasteiger charge is -2.08. The zero-order chi connectivity index (χ0) is 17.3. The quantitative estimate of drug-likeness (QED) is 0.670. The van der Waals surface area contributed by atoms with Crippen molar-refractivity contribution >= 4 is 22.8 Å². The number of phenols is 1. The molecule has 3 aromatic rings. The van der Waals surface area contributed by atoms with Gasteiger partial charge in [-0.05, 0) is 23.8 Å². The van der Waals surface area contributed by atoms with Gasteiger partial charge in [-0.3, -0.25) is 4.79 Å². The Kier molecular flexibility index (Phi) is 3.95. The molecule has 1 aromatic heterocycles. The van der Waals surface area contributed by atoms with Gasteiger partial charge in [0.05, 0.1) is 18.5 Å². The van der Waals surface area contributed by atoms with E-state index in [9.17, 15) is 19.8 Å². The molecule has 2 aromatic carbocycles. The summed E-state index contributed by atoms with van der Waals surface area (Å²) in [6.07, 6.45) is 1.37. The largest absolute Gasteiger partial charge is 0.508 e. The summed E-state index contributed by atoms with van der Waals surface area (Å²) in [4.78, 5) is 22.6. The molecular weight excluding hydrogens is 310 g/mol. The SMILES string of the molecule is O=C(O)Cc1cn(Cc2ccccc2O)c2cccc(C(=O)O)c12. The molecule has 6 nitrogen and oxygen atoms in total. The van der Waals surface area contributed by atoms with Crippen LogP contribution >= 0.6 is 0 Å². The van der Waals surface area contributed by atoms with Gasteiger partial charge in [-0.2, -0.15) is 0 Å². The Bertz CT molecular complexity index is 942. The summed E-state index contributed by atoms with van der Waals surface area (Å²) in [7, 11) is 0. The van der Waals surface area contributed by atoms with E-state index in [4.69, 9.17) is 5.11 Å². The molecule has 0 atom stereocenters. The van der Waals surface area contributed by atoms with Crippen molar-refractivity contribution in [3.8, 4) is 5.75 Å². The maximum Gasteiger partial charge on any atom is 0.336 e.